The monoisotopic (exact) mass is 790 g/mol. The van der Waals surface area contributed by atoms with Gasteiger partial charge >= 0.3 is 23.9 Å². The summed E-state index contributed by atoms with van der Waals surface area (Å²) in [7, 11) is 2.66. The molecule has 2 aliphatic rings. The SMILES string of the molecule is COC(=O)CNCc1noc([C@H](CCCC2CCCCC2)CC(=O)O)n1.COC(=O)CNCc1noc([C@H](CCCC2CCCCC2)CC(=O)OC(C)(C)C)n1. The normalized spacial score (nSPS) is 16.3. The van der Waals surface area contributed by atoms with Crippen molar-refractivity contribution in [2.75, 3.05) is 27.3 Å². The van der Waals surface area contributed by atoms with Gasteiger partial charge in [0.05, 0.1) is 53.2 Å². The van der Waals surface area contributed by atoms with Crippen LogP contribution >= 0.6 is 0 Å². The zero-order chi connectivity index (χ0) is 40.8. The van der Waals surface area contributed by atoms with Crippen LogP contribution in [0.1, 0.15) is 172 Å². The molecule has 0 spiro atoms. The standard InChI is InChI=1S/C22H37N3O5.C18H29N3O5/c1-22(2,3)29-19(26)13-17(12-8-11-16-9-6-5-7-10-16)21-24-18(25-30-21)14-23-15-20(27)28-4;1-25-17(24)12-19-11-15-20-18(26-21-15)14(10-16(22)23)9-5-8-13-6-3-2-4-7-13/h16-17,23H,5-15H2,1-4H3;13-14,19H,2-12H2,1H3,(H,22,23)/t17-;14-/m11/s1. The van der Waals surface area contributed by atoms with Gasteiger partial charge in [-0.05, 0) is 45.4 Å². The van der Waals surface area contributed by atoms with Crippen molar-refractivity contribution in [3.8, 4) is 0 Å². The van der Waals surface area contributed by atoms with Gasteiger partial charge in [0.15, 0.2) is 11.6 Å². The Morgan fingerprint density at radius 1 is 0.696 bits per heavy atom. The predicted molar refractivity (Wildman–Crippen MR) is 205 cm³/mol. The summed E-state index contributed by atoms with van der Waals surface area (Å²) in [6.07, 6.45) is 19.3. The minimum Gasteiger partial charge on any atom is -0.481 e. The number of esters is 3. The molecular weight excluding hydrogens is 724 g/mol. The molecule has 56 heavy (non-hydrogen) atoms. The van der Waals surface area contributed by atoms with Gasteiger partial charge in [0.2, 0.25) is 11.8 Å². The average molecular weight is 791 g/mol. The first-order valence-electron chi connectivity index (χ1n) is 20.5. The number of nitrogens with one attached hydrogen (secondary N) is 2. The third kappa shape index (κ3) is 19.3. The number of hydrogen-bond donors (Lipinski definition) is 3. The summed E-state index contributed by atoms with van der Waals surface area (Å²) in [6.45, 7) is 6.27. The van der Waals surface area contributed by atoms with Crippen LogP contribution in [-0.4, -0.2) is 82.2 Å². The van der Waals surface area contributed by atoms with E-state index in [-0.39, 0.29) is 62.2 Å². The molecule has 0 saturated heterocycles. The van der Waals surface area contributed by atoms with Crippen LogP contribution < -0.4 is 10.6 Å². The summed E-state index contributed by atoms with van der Waals surface area (Å²) in [5.74, 6) is 0.974. The quantitative estimate of drug-likeness (QED) is 0.0852. The second-order valence-corrected chi connectivity index (χ2v) is 16.1. The molecule has 4 rings (SSSR count). The van der Waals surface area contributed by atoms with Crippen molar-refractivity contribution in [2.24, 2.45) is 11.8 Å². The Morgan fingerprint density at radius 3 is 1.52 bits per heavy atom. The topological polar surface area (TPSA) is 218 Å². The van der Waals surface area contributed by atoms with E-state index in [0.717, 1.165) is 43.9 Å². The Bertz CT molecular complexity index is 1440. The van der Waals surface area contributed by atoms with Crippen molar-refractivity contribution in [3.63, 3.8) is 0 Å². The van der Waals surface area contributed by atoms with Crippen LogP contribution in [0.4, 0.5) is 0 Å². The van der Waals surface area contributed by atoms with E-state index in [0.29, 0.717) is 30.0 Å². The lowest BCUT2D eigenvalue weighted by molar-refractivity contribution is -0.155. The van der Waals surface area contributed by atoms with Crippen molar-refractivity contribution in [1.29, 1.82) is 0 Å². The second kappa shape index (κ2) is 25.4. The van der Waals surface area contributed by atoms with Crippen LogP contribution in [0, 0.1) is 11.8 Å². The lowest BCUT2D eigenvalue weighted by atomic mass is 9.84. The zero-order valence-electron chi connectivity index (χ0n) is 34.3. The Kier molecular flexibility index (Phi) is 21.0. The molecule has 0 unspecified atom stereocenters. The van der Waals surface area contributed by atoms with Crippen molar-refractivity contribution >= 4 is 23.9 Å². The summed E-state index contributed by atoms with van der Waals surface area (Å²) in [4.78, 5) is 54.6. The molecule has 2 heterocycles. The van der Waals surface area contributed by atoms with Crippen LogP contribution in [0.5, 0.6) is 0 Å². The van der Waals surface area contributed by atoms with E-state index in [4.69, 9.17) is 13.8 Å². The maximum atomic E-state index is 12.4. The number of ether oxygens (including phenoxy) is 3. The van der Waals surface area contributed by atoms with Gasteiger partial charge in [0.25, 0.3) is 0 Å². The third-order valence-corrected chi connectivity index (χ3v) is 10.3. The van der Waals surface area contributed by atoms with Crippen molar-refractivity contribution in [1.82, 2.24) is 30.9 Å². The highest BCUT2D eigenvalue weighted by atomic mass is 16.6. The Balaban J connectivity index is 0.000000303. The number of aromatic nitrogens is 4. The van der Waals surface area contributed by atoms with Gasteiger partial charge in [-0.1, -0.05) is 100 Å². The number of rotatable bonds is 22. The minimum atomic E-state index is -0.865. The van der Waals surface area contributed by atoms with Crippen molar-refractivity contribution < 1.29 is 47.5 Å². The number of carboxylic acids is 1. The van der Waals surface area contributed by atoms with Crippen LogP contribution in [0.3, 0.4) is 0 Å². The first kappa shape index (κ1) is 46.5. The van der Waals surface area contributed by atoms with Crippen LogP contribution in [0.15, 0.2) is 9.05 Å². The maximum Gasteiger partial charge on any atom is 0.319 e. The van der Waals surface area contributed by atoms with Gasteiger partial charge in [-0.25, -0.2) is 0 Å². The fourth-order valence-corrected chi connectivity index (χ4v) is 7.39. The number of aliphatic carboxylic acids is 1. The molecule has 16 nitrogen and oxygen atoms in total. The largest absolute Gasteiger partial charge is 0.481 e. The number of carbonyl (C=O) groups is 4. The van der Waals surface area contributed by atoms with Gasteiger partial charge in [0, 0.05) is 11.8 Å². The molecule has 2 fully saturated rings. The molecule has 0 bridgehead atoms. The zero-order valence-corrected chi connectivity index (χ0v) is 34.3. The van der Waals surface area contributed by atoms with E-state index in [1.165, 1.54) is 84.8 Å². The highest BCUT2D eigenvalue weighted by molar-refractivity contribution is 5.72. The number of methoxy groups -OCH3 is 2. The van der Waals surface area contributed by atoms with E-state index in [1.54, 1.807) is 0 Å². The lowest BCUT2D eigenvalue weighted by Gasteiger charge is -2.23. The molecule has 0 aliphatic heterocycles. The fourth-order valence-electron chi connectivity index (χ4n) is 7.39. The maximum absolute atomic E-state index is 12.4. The summed E-state index contributed by atoms with van der Waals surface area (Å²) >= 11 is 0. The van der Waals surface area contributed by atoms with Crippen LogP contribution in [0.2, 0.25) is 0 Å². The van der Waals surface area contributed by atoms with Crippen LogP contribution in [-0.2, 0) is 46.5 Å². The molecule has 2 atom stereocenters. The van der Waals surface area contributed by atoms with Gasteiger partial charge in [-0.15, -0.1) is 0 Å². The average Bonchev–Trinajstić information content (AvgIpc) is 3.84. The molecule has 2 aromatic rings. The number of carboxylic acid groups (broad SMARTS) is 1. The van der Waals surface area contributed by atoms with E-state index in [2.05, 4.69) is 40.4 Å². The molecule has 0 radical (unpaired) electrons. The molecule has 2 saturated carbocycles. The predicted octanol–water partition coefficient (Wildman–Crippen LogP) is 6.54. The Hall–Kier alpha value is -3.92. The van der Waals surface area contributed by atoms with Crippen molar-refractivity contribution in [2.45, 2.75) is 167 Å². The molecule has 2 aliphatic carbocycles. The molecule has 2 aromatic heterocycles. The third-order valence-electron chi connectivity index (χ3n) is 10.3. The first-order chi connectivity index (χ1) is 26.8. The number of nitrogens with zero attached hydrogens (tertiary/aromatic N) is 4. The van der Waals surface area contributed by atoms with E-state index < -0.39 is 11.6 Å². The highest BCUT2D eigenvalue weighted by Gasteiger charge is 2.27. The van der Waals surface area contributed by atoms with Gasteiger partial charge in [0.1, 0.15) is 5.60 Å². The van der Waals surface area contributed by atoms with Crippen molar-refractivity contribution in [3.05, 3.63) is 23.4 Å². The molecule has 16 heteroatoms. The summed E-state index contributed by atoms with van der Waals surface area (Å²) < 4.78 is 25.4. The smallest absolute Gasteiger partial charge is 0.319 e. The molecule has 0 aromatic carbocycles. The Morgan fingerprint density at radius 2 is 1.12 bits per heavy atom. The summed E-state index contributed by atoms with van der Waals surface area (Å²) in [5, 5.41) is 22.8. The number of carbonyl (C=O) groups excluding carboxylic acids is 3. The minimum absolute atomic E-state index is 0.0120. The van der Waals surface area contributed by atoms with E-state index in [9.17, 15) is 24.3 Å². The lowest BCUT2D eigenvalue weighted by Crippen LogP contribution is -2.25. The Labute approximate surface area is 331 Å². The molecule has 0 amide bonds. The highest BCUT2D eigenvalue weighted by Crippen LogP contribution is 2.33. The van der Waals surface area contributed by atoms with Gasteiger partial charge < -0.3 is 28.4 Å². The first-order valence-corrected chi connectivity index (χ1v) is 20.5. The molecule has 3 N–H and O–H groups in total. The summed E-state index contributed by atoms with van der Waals surface area (Å²) in [6, 6.07) is 0. The van der Waals surface area contributed by atoms with Crippen LogP contribution in [0.25, 0.3) is 0 Å². The second-order valence-electron chi connectivity index (χ2n) is 16.1. The molecular formula is C40H66N6O10. The fraction of sp³-hybridized carbons (Fsp3) is 0.800. The van der Waals surface area contributed by atoms with Gasteiger partial charge in [-0.2, -0.15) is 9.97 Å². The number of hydrogen-bond acceptors (Lipinski definition) is 15. The van der Waals surface area contributed by atoms with E-state index in [1.807, 2.05) is 20.8 Å². The van der Waals surface area contributed by atoms with E-state index >= 15 is 0 Å². The molecule has 316 valence electrons. The summed E-state index contributed by atoms with van der Waals surface area (Å²) in [5.41, 5.74) is -0.526. The van der Waals surface area contributed by atoms with Gasteiger partial charge in [-0.3, -0.25) is 29.8 Å².